The van der Waals surface area contributed by atoms with Crippen LogP contribution in [0.4, 0.5) is 5.69 Å². The molecule has 2 aromatic heterocycles. The molecule has 0 aliphatic carbocycles. The Bertz CT molecular complexity index is 910. The van der Waals surface area contributed by atoms with Gasteiger partial charge in [0.05, 0.1) is 11.7 Å². The van der Waals surface area contributed by atoms with Crippen LogP contribution in [0.3, 0.4) is 0 Å². The molecule has 0 spiro atoms. The van der Waals surface area contributed by atoms with Crippen LogP contribution in [0.15, 0.2) is 36.9 Å². The zero-order valence-corrected chi connectivity index (χ0v) is 15.0. The van der Waals surface area contributed by atoms with Crippen LogP contribution in [0.2, 0.25) is 0 Å². The van der Waals surface area contributed by atoms with E-state index >= 15 is 0 Å². The van der Waals surface area contributed by atoms with Crippen LogP contribution in [0.1, 0.15) is 24.1 Å². The first-order valence-electron chi connectivity index (χ1n) is 9.57. The lowest BCUT2D eigenvalue weighted by Crippen LogP contribution is -2.46. The number of nitrogens with zero attached hydrogens (tertiary/aromatic N) is 6. The minimum Gasteiger partial charge on any atom is -0.369 e. The topological polar surface area (TPSA) is 50.1 Å². The van der Waals surface area contributed by atoms with Gasteiger partial charge < -0.3 is 4.90 Å². The molecule has 26 heavy (non-hydrogen) atoms. The molecule has 0 radical (unpaired) electrons. The molecule has 3 aromatic rings. The van der Waals surface area contributed by atoms with Gasteiger partial charge in [-0.05, 0) is 37.5 Å². The SMILES string of the molecule is c1ncc2cc(N3CCN(Cc4cnn5c4CCCC5)CC3)ccc2n1. The van der Waals surface area contributed by atoms with E-state index in [0.717, 1.165) is 50.2 Å². The highest BCUT2D eigenvalue weighted by molar-refractivity contribution is 5.81. The lowest BCUT2D eigenvalue weighted by atomic mass is 10.1. The predicted octanol–water partition coefficient (Wildman–Crippen LogP) is 2.48. The molecule has 0 atom stereocenters. The maximum absolute atomic E-state index is 4.58. The lowest BCUT2D eigenvalue weighted by Gasteiger charge is -2.36. The maximum atomic E-state index is 4.58. The highest BCUT2D eigenvalue weighted by Gasteiger charge is 2.21. The van der Waals surface area contributed by atoms with Gasteiger partial charge in [-0.2, -0.15) is 5.10 Å². The Morgan fingerprint density at radius 3 is 2.81 bits per heavy atom. The molecule has 1 fully saturated rings. The summed E-state index contributed by atoms with van der Waals surface area (Å²) >= 11 is 0. The highest BCUT2D eigenvalue weighted by atomic mass is 15.3. The van der Waals surface area contributed by atoms with Crippen LogP contribution in [-0.2, 0) is 19.5 Å². The molecule has 6 nitrogen and oxygen atoms in total. The van der Waals surface area contributed by atoms with Gasteiger partial charge in [-0.25, -0.2) is 9.97 Å². The zero-order chi connectivity index (χ0) is 17.3. The van der Waals surface area contributed by atoms with Gasteiger partial charge in [0.15, 0.2) is 0 Å². The third-order valence-electron chi connectivity index (χ3n) is 5.69. The third-order valence-corrected chi connectivity index (χ3v) is 5.69. The number of hydrogen-bond donors (Lipinski definition) is 0. The fraction of sp³-hybridized carbons (Fsp3) is 0.450. The number of aryl methyl sites for hydroxylation is 1. The van der Waals surface area contributed by atoms with E-state index in [1.165, 1.54) is 36.2 Å². The standard InChI is InChI=1S/C20H24N6/c1-2-6-26-20(3-1)17(13-23-26)14-24-7-9-25(10-8-24)18-4-5-19-16(11-18)12-21-15-22-19/h4-5,11-13,15H,1-3,6-10,14H2. The normalized spacial score (nSPS) is 18.2. The molecule has 6 heteroatoms. The molecule has 134 valence electrons. The Hall–Kier alpha value is -2.47. The first-order chi connectivity index (χ1) is 12.9. The summed E-state index contributed by atoms with van der Waals surface area (Å²) in [6.07, 6.45) is 9.36. The van der Waals surface area contributed by atoms with Crippen molar-refractivity contribution < 1.29 is 0 Å². The first-order valence-corrected chi connectivity index (χ1v) is 9.57. The lowest BCUT2D eigenvalue weighted by molar-refractivity contribution is 0.248. The summed E-state index contributed by atoms with van der Waals surface area (Å²) in [7, 11) is 0. The second kappa shape index (κ2) is 6.68. The average Bonchev–Trinajstić information content (AvgIpc) is 3.11. The summed E-state index contributed by atoms with van der Waals surface area (Å²) in [5, 5.41) is 5.69. The molecule has 2 aliphatic rings. The average molecular weight is 348 g/mol. The van der Waals surface area contributed by atoms with Gasteiger partial charge in [0, 0.05) is 67.8 Å². The molecule has 0 bridgehead atoms. The van der Waals surface area contributed by atoms with Gasteiger partial charge >= 0.3 is 0 Å². The van der Waals surface area contributed by atoms with E-state index in [4.69, 9.17) is 0 Å². The van der Waals surface area contributed by atoms with Crippen LogP contribution in [-0.4, -0.2) is 50.8 Å². The van der Waals surface area contributed by atoms with Crippen LogP contribution < -0.4 is 4.90 Å². The largest absolute Gasteiger partial charge is 0.369 e. The summed E-state index contributed by atoms with van der Waals surface area (Å²) in [5.74, 6) is 0. The van der Waals surface area contributed by atoms with Crippen molar-refractivity contribution in [1.82, 2.24) is 24.6 Å². The Labute approximate surface area is 153 Å². The van der Waals surface area contributed by atoms with Gasteiger partial charge in [-0.1, -0.05) is 0 Å². The van der Waals surface area contributed by atoms with Crippen molar-refractivity contribution in [3.8, 4) is 0 Å². The van der Waals surface area contributed by atoms with Crippen LogP contribution >= 0.6 is 0 Å². The Morgan fingerprint density at radius 2 is 1.88 bits per heavy atom. The van der Waals surface area contributed by atoms with Crippen molar-refractivity contribution in [2.45, 2.75) is 32.4 Å². The summed E-state index contributed by atoms with van der Waals surface area (Å²) < 4.78 is 2.21. The molecule has 1 saturated heterocycles. The number of hydrogen-bond acceptors (Lipinski definition) is 5. The molecule has 2 aliphatic heterocycles. The van der Waals surface area contributed by atoms with Crippen molar-refractivity contribution in [2.24, 2.45) is 0 Å². The number of piperazine rings is 1. The minimum absolute atomic E-state index is 1.01. The van der Waals surface area contributed by atoms with Gasteiger partial charge in [0.1, 0.15) is 6.33 Å². The van der Waals surface area contributed by atoms with Crippen molar-refractivity contribution in [2.75, 3.05) is 31.1 Å². The molecule has 0 saturated carbocycles. The van der Waals surface area contributed by atoms with E-state index in [1.54, 1.807) is 6.33 Å². The van der Waals surface area contributed by atoms with Crippen LogP contribution in [0.25, 0.3) is 10.9 Å². The summed E-state index contributed by atoms with van der Waals surface area (Å²) in [5.41, 5.74) is 5.18. The Kier molecular flexibility index (Phi) is 4.05. The summed E-state index contributed by atoms with van der Waals surface area (Å²) in [6, 6.07) is 6.48. The first kappa shape index (κ1) is 15.8. The van der Waals surface area contributed by atoms with E-state index in [-0.39, 0.29) is 0 Å². The smallest absolute Gasteiger partial charge is 0.116 e. The van der Waals surface area contributed by atoms with E-state index in [9.17, 15) is 0 Å². The van der Waals surface area contributed by atoms with Crippen LogP contribution in [0, 0.1) is 0 Å². The van der Waals surface area contributed by atoms with E-state index < -0.39 is 0 Å². The summed E-state index contributed by atoms with van der Waals surface area (Å²) in [6.45, 7) is 6.43. The third kappa shape index (κ3) is 2.94. The van der Waals surface area contributed by atoms with Crippen molar-refractivity contribution in [3.05, 3.63) is 48.2 Å². The Balaban J connectivity index is 1.25. The van der Waals surface area contributed by atoms with Crippen LogP contribution in [0.5, 0.6) is 0 Å². The monoisotopic (exact) mass is 348 g/mol. The van der Waals surface area contributed by atoms with Gasteiger partial charge in [-0.3, -0.25) is 9.58 Å². The van der Waals surface area contributed by atoms with Crippen molar-refractivity contribution in [3.63, 3.8) is 0 Å². The predicted molar refractivity (Wildman–Crippen MR) is 102 cm³/mol. The van der Waals surface area contributed by atoms with Crippen molar-refractivity contribution in [1.29, 1.82) is 0 Å². The van der Waals surface area contributed by atoms with E-state index in [0.29, 0.717) is 0 Å². The number of anilines is 1. The zero-order valence-electron chi connectivity index (χ0n) is 15.0. The van der Waals surface area contributed by atoms with Gasteiger partial charge in [-0.15, -0.1) is 0 Å². The molecule has 4 heterocycles. The minimum atomic E-state index is 1.01. The number of fused-ring (bicyclic) bond motifs is 2. The number of benzene rings is 1. The molecule has 0 N–H and O–H groups in total. The van der Waals surface area contributed by atoms with Crippen molar-refractivity contribution >= 4 is 16.6 Å². The second-order valence-corrected chi connectivity index (χ2v) is 7.33. The molecule has 0 amide bonds. The molecular weight excluding hydrogens is 324 g/mol. The van der Waals surface area contributed by atoms with E-state index in [1.807, 2.05) is 6.20 Å². The van der Waals surface area contributed by atoms with Gasteiger partial charge in [0.25, 0.3) is 0 Å². The summed E-state index contributed by atoms with van der Waals surface area (Å²) in [4.78, 5) is 13.5. The molecular formula is C20H24N6. The molecule has 5 rings (SSSR count). The maximum Gasteiger partial charge on any atom is 0.116 e. The molecule has 0 unspecified atom stereocenters. The molecule has 1 aromatic carbocycles. The fourth-order valence-electron chi connectivity index (χ4n) is 4.19. The second-order valence-electron chi connectivity index (χ2n) is 7.33. The number of aromatic nitrogens is 4. The quantitative estimate of drug-likeness (QED) is 0.728. The van der Waals surface area contributed by atoms with Gasteiger partial charge in [0.2, 0.25) is 0 Å². The number of rotatable bonds is 3. The Morgan fingerprint density at radius 1 is 0.962 bits per heavy atom. The van der Waals surface area contributed by atoms with E-state index in [2.05, 4.69) is 53.9 Å². The fourth-order valence-corrected chi connectivity index (χ4v) is 4.19. The highest BCUT2D eigenvalue weighted by Crippen LogP contribution is 2.23.